The van der Waals surface area contributed by atoms with Gasteiger partial charge in [-0.1, -0.05) is 19.3 Å². The van der Waals surface area contributed by atoms with Gasteiger partial charge in [0.15, 0.2) is 11.3 Å². The molecule has 5 heteroatoms. The van der Waals surface area contributed by atoms with Crippen LogP contribution >= 0.6 is 15.9 Å². The van der Waals surface area contributed by atoms with Crippen molar-refractivity contribution in [1.82, 2.24) is 19.5 Å². The van der Waals surface area contributed by atoms with Gasteiger partial charge in [0.2, 0.25) is 0 Å². The van der Waals surface area contributed by atoms with E-state index in [1.165, 1.54) is 32.1 Å². The van der Waals surface area contributed by atoms with Crippen LogP contribution in [0.3, 0.4) is 0 Å². The Hall–Kier alpha value is -0.970. The molecule has 0 spiro atoms. The van der Waals surface area contributed by atoms with Crippen molar-refractivity contribution in [3.8, 4) is 0 Å². The van der Waals surface area contributed by atoms with Crippen LogP contribution in [0, 0.1) is 0 Å². The summed E-state index contributed by atoms with van der Waals surface area (Å²) in [5, 5.41) is 0. The molecule has 1 aliphatic rings. The third kappa shape index (κ3) is 1.73. The number of imidazole rings is 1. The molecule has 3 rings (SSSR count). The summed E-state index contributed by atoms with van der Waals surface area (Å²) in [6.45, 7) is 0. The van der Waals surface area contributed by atoms with Gasteiger partial charge in [0.1, 0.15) is 4.60 Å². The van der Waals surface area contributed by atoms with Crippen LogP contribution in [0.4, 0.5) is 0 Å². The van der Waals surface area contributed by atoms with Crippen LogP contribution in [0.1, 0.15) is 38.1 Å². The highest BCUT2D eigenvalue weighted by Crippen LogP contribution is 2.29. The summed E-state index contributed by atoms with van der Waals surface area (Å²) >= 11 is 3.36. The second kappa shape index (κ2) is 4.13. The van der Waals surface area contributed by atoms with Crippen molar-refractivity contribution in [2.75, 3.05) is 0 Å². The molecule has 0 aliphatic heterocycles. The lowest BCUT2D eigenvalue weighted by molar-refractivity contribution is 0.358. The molecule has 2 aromatic rings. The van der Waals surface area contributed by atoms with Crippen molar-refractivity contribution in [1.29, 1.82) is 0 Å². The Labute approximate surface area is 102 Å². The smallest absolute Gasteiger partial charge is 0.197 e. The average molecular weight is 281 g/mol. The van der Waals surface area contributed by atoms with Gasteiger partial charge < -0.3 is 4.57 Å². The third-order valence-corrected chi connectivity index (χ3v) is 3.61. The molecule has 16 heavy (non-hydrogen) atoms. The van der Waals surface area contributed by atoms with Gasteiger partial charge in [0.05, 0.1) is 12.5 Å². The zero-order valence-corrected chi connectivity index (χ0v) is 10.5. The fourth-order valence-corrected chi connectivity index (χ4v) is 2.68. The molecule has 4 nitrogen and oxygen atoms in total. The van der Waals surface area contributed by atoms with E-state index >= 15 is 0 Å². The van der Waals surface area contributed by atoms with E-state index in [0.717, 1.165) is 15.9 Å². The lowest BCUT2D eigenvalue weighted by atomic mass is 9.95. The van der Waals surface area contributed by atoms with E-state index in [2.05, 4.69) is 35.4 Å². The summed E-state index contributed by atoms with van der Waals surface area (Å²) in [6, 6.07) is 0.558. The Bertz CT molecular complexity index is 502. The molecule has 2 heterocycles. The highest BCUT2D eigenvalue weighted by molar-refractivity contribution is 9.10. The highest BCUT2D eigenvalue weighted by atomic mass is 79.9. The first-order valence-corrected chi connectivity index (χ1v) is 6.49. The molecule has 0 amide bonds. The second-order valence-corrected chi connectivity index (χ2v) is 5.10. The van der Waals surface area contributed by atoms with Gasteiger partial charge in [0, 0.05) is 6.04 Å². The lowest BCUT2D eigenvalue weighted by Crippen LogP contribution is -2.12. The standard InChI is InChI=1S/C11H13BrN4/c12-9-6-13-10-11(15-9)16(7-14-10)8-4-2-1-3-5-8/h6-8H,1-5H2. The molecule has 84 valence electrons. The molecule has 0 bridgehead atoms. The van der Waals surface area contributed by atoms with Crippen molar-refractivity contribution < 1.29 is 0 Å². The van der Waals surface area contributed by atoms with E-state index in [1.807, 2.05) is 6.33 Å². The Balaban J connectivity index is 2.05. The van der Waals surface area contributed by atoms with E-state index < -0.39 is 0 Å². The number of aromatic nitrogens is 4. The van der Waals surface area contributed by atoms with Crippen LogP contribution in [0.15, 0.2) is 17.1 Å². The van der Waals surface area contributed by atoms with Gasteiger partial charge in [-0.05, 0) is 28.8 Å². The minimum atomic E-state index is 0.558. The first-order chi connectivity index (χ1) is 7.84. The number of halogens is 1. The average Bonchev–Trinajstić information content (AvgIpc) is 2.73. The van der Waals surface area contributed by atoms with Crippen molar-refractivity contribution in [2.24, 2.45) is 0 Å². The maximum Gasteiger partial charge on any atom is 0.197 e. The zero-order chi connectivity index (χ0) is 11.0. The van der Waals surface area contributed by atoms with Crippen LogP contribution in [-0.4, -0.2) is 19.5 Å². The van der Waals surface area contributed by atoms with Crippen LogP contribution < -0.4 is 0 Å². The Morgan fingerprint density at radius 3 is 2.81 bits per heavy atom. The van der Waals surface area contributed by atoms with E-state index in [4.69, 9.17) is 0 Å². The first-order valence-electron chi connectivity index (χ1n) is 5.69. The molecular weight excluding hydrogens is 268 g/mol. The monoisotopic (exact) mass is 280 g/mol. The molecule has 0 saturated heterocycles. The molecular formula is C11H13BrN4. The molecule has 0 aromatic carbocycles. The van der Waals surface area contributed by atoms with Gasteiger partial charge in [-0.15, -0.1) is 0 Å². The van der Waals surface area contributed by atoms with Gasteiger partial charge in [-0.25, -0.2) is 15.0 Å². The van der Waals surface area contributed by atoms with Gasteiger partial charge >= 0.3 is 0 Å². The third-order valence-electron chi connectivity index (χ3n) is 3.22. The topological polar surface area (TPSA) is 43.6 Å². The molecule has 1 fully saturated rings. The normalized spacial score (nSPS) is 18.1. The summed E-state index contributed by atoms with van der Waals surface area (Å²) in [5.41, 5.74) is 1.65. The largest absolute Gasteiger partial charge is 0.311 e. The highest BCUT2D eigenvalue weighted by Gasteiger charge is 2.18. The Morgan fingerprint density at radius 2 is 2.00 bits per heavy atom. The lowest BCUT2D eigenvalue weighted by Gasteiger charge is -2.22. The summed E-state index contributed by atoms with van der Waals surface area (Å²) in [5.74, 6) is 0. The van der Waals surface area contributed by atoms with E-state index in [1.54, 1.807) is 6.20 Å². The van der Waals surface area contributed by atoms with E-state index in [-0.39, 0.29) is 0 Å². The van der Waals surface area contributed by atoms with Gasteiger partial charge in [0.25, 0.3) is 0 Å². The summed E-state index contributed by atoms with van der Waals surface area (Å²) < 4.78 is 2.96. The predicted octanol–water partition coefficient (Wildman–Crippen LogP) is 3.09. The number of rotatable bonds is 1. The molecule has 1 aliphatic carbocycles. The molecule has 0 radical (unpaired) electrons. The number of hydrogen-bond acceptors (Lipinski definition) is 3. The second-order valence-electron chi connectivity index (χ2n) is 4.28. The molecule has 1 saturated carbocycles. The Kier molecular flexibility index (Phi) is 2.63. The van der Waals surface area contributed by atoms with E-state index in [0.29, 0.717) is 6.04 Å². The molecule has 0 atom stereocenters. The van der Waals surface area contributed by atoms with Crippen LogP contribution in [0.2, 0.25) is 0 Å². The maximum atomic E-state index is 4.47. The summed E-state index contributed by atoms with van der Waals surface area (Å²) in [4.78, 5) is 13.0. The van der Waals surface area contributed by atoms with Crippen molar-refractivity contribution in [2.45, 2.75) is 38.1 Å². The fourth-order valence-electron chi connectivity index (χ4n) is 2.41. The number of hydrogen-bond donors (Lipinski definition) is 0. The maximum absolute atomic E-state index is 4.47. The van der Waals surface area contributed by atoms with Gasteiger partial charge in [-0.3, -0.25) is 0 Å². The fraction of sp³-hybridized carbons (Fsp3) is 0.545. The number of fused-ring (bicyclic) bond motifs is 1. The van der Waals surface area contributed by atoms with Crippen molar-refractivity contribution in [3.63, 3.8) is 0 Å². The minimum absolute atomic E-state index is 0.558. The van der Waals surface area contributed by atoms with Crippen LogP contribution in [-0.2, 0) is 0 Å². The minimum Gasteiger partial charge on any atom is -0.311 e. The quantitative estimate of drug-likeness (QED) is 0.806. The molecule has 0 N–H and O–H groups in total. The van der Waals surface area contributed by atoms with Gasteiger partial charge in [-0.2, -0.15) is 0 Å². The van der Waals surface area contributed by atoms with Crippen molar-refractivity contribution >= 4 is 27.2 Å². The summed E-state index contributed by atoms with van der Waals surface area (Å²) in [6.07, 6.45) is 10.0. The van der Waals surface area contributed by atoms with Crippen LogP contribution in [0.25, 0.3) is 11.3 Å². The van der Waals surface area contributed by atoms with E-state index in [9.17, 15) is 0 Å². The molecule has 0 unspecified atom stereocenters. The van der Waals surface area contributed by atoms with Crippen LogP contribution in [0.5, 0.6) is 0 Å². The first kappa shape index (κ1) is 10.2. The van der Waals surface area contributed by atoms with Crippen molar-refractivity contribution in [3.05, 3.63) is 17.1 Å². The SMILES string of the molecule is Brc1cnc2ncn(C3CCCCC3)c2n1. The predicted molar refractivity (Wildman–Crippen MR) is 65.1 cm³/mol. The molecule has 2 aromatic heterocycles. The summed E-state index contributed by atoms with van der Waals surface area (Å²) in [7, 11) is 0. The number of nitrogens with zero attached hydrogens (tertiary/aromatic N) is 4. The zero-order valence-electron chi connectivity index (χ0n) is 8.93. The Morgan fingerprint density at radius 1 is 1.19 bits per heavy atom.